The minimum Gasteiger partial charge on any atom is -0.339 e. The summed E-state index contributed by atoms with van der Waals surface area (Å²) in [5, 5.41) is 11.3. The number of rotatable bonds is 5. The van der Waals surface area contributed by atoms with E-state index in [2.05, 4.69) is 37.5 Å². The highest BCUT2D eigenvalue weighted by molar-refractivity contribution is 5.65. The molecule has 0 atom stereocenters. The Hall–Kier alpha value is -3.28. The maximum absolute atomic E-state index is 5.04. The molecule has 0 fully saturated rings. The standard InChI is InChI=1S/C19H17N5O/c1-13-20-19(24-25-13)16-9-5-8-15(12-16)18-21-17(22-23-18)11-10-14-6-3-2-4-7-14/h2-9,12H,10-11H2,1H3,(H,21,22,23). The molecule has 2 aromatic heterocycles. The Balaban J connectivity index is 1.52. The number of aryl methyl sites for hydroxylation is 3. The Bertz CT molecular complexity index is 974. The van der Waals surface area contributed by atoms with Crippen molar-refractivity contribution in [1.82, 2.24) is 25.3 Å². The van der Waals surface area contributed by atoms with Crippen molar-refractivity contribution in [3.8, 4) is 22.8 Å². The summed E-state index contributed by atoms with van der Waals surface area (Å²) in [7, 11) is 0. The molecular formula is C19H17N5O. The van der Waals surface area contributed by atoms with E-state index in [0.29, 0.717) is 17.5 Å². The molecule has 0 spiro atoms. The number of hydrogen-bond acceptors (Lipinski definition) is 5. The van der Waals surface area contributed by atoms with E-state index in [9.17, 15) is 0 Å². The smallest absolute Gasteiger partial charge is 0.223 e. The van der Waals surface area contributed by atoms with E-state index in [4.69, 9.17) is 4.52 Å². The summed E-state index contributed by atoms with van der Waals surface area (Å²) in [4.78, 5) is 8.86. The molecule has 0 aliphatic rings. The van der Waals surface area contributed by atoms with Gasteiger partial charge in [0.2, 0.25) is 11.7 Å². The summed E-state index contributed by atoms with van der Waals surface area (Å²) < 4.78 is 5.04. The van der Waals surface area contributed by atoms with Gasteiger partial charge >= 0.3 is 0 Å². The van der Waals surface area contributed by atoms with E-state index in [-0.39, 0.29) is 0 Å². The molecule has 6 nitrogen and oxygen atoms in total. The Kier molecular flexibility index (Phi) is 4.08. The van der Waals surface area contributed by atoms with Gasteiger partial charge in [0.25, 0.3) is 0 Å². The van der Waals surface area contributed by atoms with Crippen LogP contribution in [0.3, 0.4) is 0 Å². The van der Waals surface area contributed by atoms with Gasteiger partial charge in [-0.2, -0.15) is 10.1 Å². The molecule has 4 aromatic rings. The van der Waals surface area contributed by atoms with Crippen LogP contribution >= 0.6 is 0 Å². The van der Waals surface area contributed by atoms with Crippen LogP contribution in [0.4, 0.5) is 0 Å². The first-order valence-electron chi connectivity index (χ1n) is 8.14. The quantitative estimate of drug-likeness (QED) is 0.604. The van der Waals surface area contributed by atoms with E-state index in [1.807, 2.05) is 42.5 Å². The molecule has 0 amide bonds. The first-order chi connectivity index (χ1) is 12.3. The largest absolute Gasteiger partial charge is 0.339 e. The van der Waals surface area contributed by atoms with E-state index in [1.165, 1.54) is 5.56 Å². The summed E-state index contributed by atoms with van der Waals surface area (Å²) in [6, 6.07) is 18.2. The van der Waals surface area contributed by atoms with Gasteiger partial charge in [0.05, 0.1) is 0 Å². The second kappa shape index (κ2) is 6.68. The number of aromatic nitrogens is 5. The Morgan fingerprint density at radius 2 is 1.68 bits per heavy atom. The molecule has 2 heterocycles. The third-order valence-electron chi connectivity index (χ3n) is 3.93. The third-order valence-corrected chi connectivity index (χ3v) is 3.93. The van der Waals surface area contributed by atoms with Crippen molar-refractivity contribution in [2.45, 2.75) is 19.8 Å². The molecule has 25 heavy (non-hydrogen) atoms. The maximum Gasteiger partial charge on any atom is 0.223 e. The predicted molar refractivity (Wildman–Crippen MR) is 93.7 cm³/mol. The van der Waals surface area contributed by atoms with Crippen LogP contribution in [-0.4, -0.2) is 25.3 Å². The Labute approximate surface area is 144 Å². The molecule has 0 saturated carbocycles. The van der Waals surface area contributed by atoms with Crippen LogP contribution in [0.2, 0.25) is 0 Å². The first kappa shape index (κ1) is 15.3. The summed E-state index contributed by atoms with van der Waals surface area (Å²) >= 11 is 0. The molecule has 1 N–H and O–H groups in total. The van der Waals surface area contributed by atoms with Crippen LogP contribution < -0.4 is 0 Å². The number of nitrogens with zero attached hydrogens (tertiary/aromatic N) is 4. The molecule has 0 unspecified atom stereocenters. The number of H-pyrrole nitrogens is 1. The second-order valence-electron chi connectivity index (χ2n) is 5.81. The fraction of sp³-hybridized carbons (Fsp3) is 0.158. The fourth-order valence-electron chi connectivity index (χ4n) is 2.66. The highest BCUT2D eigenvalue weighted by atomic mass is 16.5. The van der Waals surface area contributed by atoms with Gasteiger partial charge in [0, 0.05) is 24.5 Å². The second-order valence-corrected chi connectivity index (χ2v) is 5.81. The predicted octanol–water partition coefficient (Wildman–Crippen LogP) is 3.62. The van der Waals surface area contributed by atoms with Gasteiger partial charge in [-0.1, -0.05) is 53.7 Å². The van der Waals surface area contributed by atoms with Gasteiger partial charge in [0.15, 0.2) is 5.82 Å². The number of aromatic amines is 1. The highest BCUT2D eigenvalue weighted by Crippen LogP contribution is 2.22. The van der Waals surface area contributed by atoms with Gasteiger partial charge in [-0.3, -0.25) is 5.10 Å². The third kappa shape index (κ3) is 3.47. The number of hydrogen-bond donors (Lipinski definition) is 1. The molecule has 124 valence electrons. The Morgan fingerprint density at radius 1 is 0.880 bits per heavy atom. The first-order valence-corrected chi connectivity index (χ1v) is 8.14. The van der Waals surface area contributed by atoms with Crippen LogP contribution in [0.25, 0.3) is 22.8 Å². The zero-order valence-corrected chi connectivity index (χ0v) is 13.8. The molecular weight excluding hydrogens is 314 g/mol. The monoisotopic (exact) mass is 331 g/mol. The topological polar surface area (TPSA) is 80.5 Å². The maximum atomic E-state index is 5.04. The Morgan fingerprint density at radius 3 is 2.44 bits per heavy atom. The van der Waals surface area contributed by atoms with Crippen molar-refractivity contribution >= 4 is 0 Å². The molecule has 0 saturated heterocycles. The lowest BCUT2D eigenvalue weighted by Crippen LogP contribution is -1.93. The molecule has 2 aromatic carbocycles. The van der Waals surface area contributed by atoms with Crippen LogP contribution in [0.15, 0.2) is 59.1 Å². The van der Waals surface area contributed by atoms with E-state index < -0.39 is 0 Å². The van der Waals surface area contributed by atoms with Crippen LogP contribution in [-0.2, 0) is 12.8 Å². The van der Waals surface area contributed by atoms with Crippen molar-refractivity contribution in [2.75, 3.05) is 0 Å². The normalized spacial score (nSPS) is 10.9. The van der Waals surface area contributed by atoms with Gasteiger partial charge in [-0.15, -0.1) is 0 Å². The van der Waals surface area contributed by atoms with Crippen molar-refractivity contribution < 1.29 is 4.52 Å². The lowest BCUT2D eigenvalue weighted by atomic mass is 10.1. The van der Waals surface area contributed by atoms with E-state index >= 15 is 0 Å². The molecule has 0 aliphatic heterocycles. The average Bonchev–Trinajstić information content (AvgIpc) is 3.30. The summed E-state index contributed by atoms with van der Waals surface area (Å²) in [6.07, 6.45) is 1.75. The fourth-order valence-corrected chi connectivity index (χ4v) is 2.66. The van der Waals surface area contributed by atoms with Gasteiger partial charge in [-0.25, -0.2) is 4.98 Å². The lowest BCUT2D eigenvalue weighted by molar-refractivity contribution is 0.394. The van der Waals surface area contributed by atoms with Crippen LogP contribution in [0.1, 0.15) is 17.3 Å². The van der Waals surface area contributed by atoms with Crippen LogP contribution in [0, 0.1) is 6.92 Å². The van der Waals surface area contributed by atoms with Gasteiger partial charge in [0.1, 0.15) is 5.82 Å². The van der Waals surface area contributed by atoms with Crippen molar-refractivity contribution in [3.05, 3.63) is 71.9 Å². The van der Waals surface area contributed by atoms with Crippen molar-refractivity contribution in [3.63, 3.8) is 0 Å². The summed E-state index contributed by atoms with van der Waals surface area (Å²) in [5.74, 6) is 2.66. The minimum atomic E-state index is 0.543. The molecule has 4 rings (SSSR count). The minimum absolute atomic E-state index is 0.543. The average molecular weight is 331 g/mol. The highest BCUT2D eigenvalue weighted by Gasteiger charge is 2.10. The van der Waals surface area contributed by atoms with Crippen molar-refractivity contribution in [2.24, 2.45) is 0 Å². The van der Waals surface area contributed by atoms with Gasteiger partial charge in [-0.05, 0) is 18.1 Å². The molecule has 0 bridgehead atoms. The van der Waals surface area contributed by atoms with E-state index in [0.717, 1.165) is 29.8 Å². The molecule has 6 heteroatoms. The van der Waals surface area contributed by atoms with E-state index in [1.54, 1.807) is 6.92 Å². The zero-order valence-electron chi connectivity index (χ0n) is 13.8. The summed E-state index contributed by atoms with van der Waals surface area (Å²) in [6.45, 7) is 1.77. The molecule has 0 radical (unpaired) electrons. The zero-order chi connectivity index (χ0) is 17.1. The summed E-state index contributed by atoms with van der Waals surface area (Å²) in [5.41, 5.74) is 3.09. The number of benzene rings is 2. The van der Waals surface area contributed by atoms with Crippen molar-refractivity contribution in [1.29, 1.82) is 0 Å². The van der Waals surface area contributed by atoms with Crippen LogP contribution in [0.5, 0.6) is 0 Å². The molecule has 0 aliphatic carbocycles. The van der Waals surface area contributed by atoms with Gasteiger partial charge < -0.3 is 4.52 Å². The SMILES string of the molecule is Cc1nc(-c2cccc(-c3n[nH]c(CCc4ccccc4)n3)c2)no1. The number of nitrogens with one attached hydrogen (secondary N) is 1. The lowest BCUT2D eigenvalue weighted by Gasteiger charge is -1.99.